The molecule has 0 aliphatic rings. The van der Waals surface area contributed by atoms with E-state index in [1.807, 2.05) is 0 Å². The fourth-order valence-electron chi connectivity index (χ4n) is 7.74. The van der Waals surface area contributed by atoms with Crippen LogP contribution in [0.5, 0.6) is 0 Å². The summed E-state index contributed by atoms with van der Waals surface area (Å²) in [5.74, 6) is 0. The number of benzene rings is 10. The third-order valence-electron chi connectivity index (χ3n) is 10.2. The van der Waals surface area contributed by atoms with Gasteiger partial charge in [-0.05, 0) is 134 Å². The second kappa shape index (κ2) is 10.7. The van der Waals surface area contributed by atoms with Crippen molar-refractivity contribution >= 4 is 64.6 Å². The molecule has 0 nitrogen and oxygen atoms in total. The van der Waals surface area contributed by atoms with E-state index in [0.29, 0.717) is 0 Å². The summed E-state index contributed by atoms with van der Waals surface area (Å²) in [5.41, 5.74) is 7.46. The molecule has 0 unspecified atom stereocenters. The van der Waals surface area contributed by atoms with Crippen LogP contribution in [0, 0.1) is 0 Å². The summed E-state index contributed by atoms with van der Waals surface area (Å²) in [7, 11) is 0. The van der Waals surface area contributed by atoms with Crippen molar-refractivity contribution in [2.75, 3.05) is 0 Å². The van der Waals surface area contributed by atoms with Gasteiger partial charge in [0.25, 0.3) is 0 Å². The second-order valence-electron chi connectivity index (χ2n) is 12.9. The SMILES string of the molecule is c1ccc2cc(-c3ccc4c(-c5ccc6ccccc6c5)cc5c6ccccc6c(-c6ccc7ccccc7c6)cc5c4c3)ccc2c1. The molecule has 10 aromatic carbocycles. The van der Waals surface area contributed by atoms with Crippen LogP contribution in [-0.4, -0.2) is 0 Å². The van der Waals surface area contributed by atoms with Gasteiger partial charge < -0.3 is 0 Å². The van der Waals surface area contributed by atoms with Crippen molar-refractivity contribution < 1.29 is 0 Å². The molecule has 0 saturated heterocycles. The molecule has 0 bridgehead atoms. The first kappa shape index (κ1) is 26.9. The lowest BCUT2D eigenvalue weighted by Crippen LogP contribution is -1.90. The van der Waals surface area contributed by atoms with E-state index in [4.69, 9.17) is 0 Å². The van der Waals surface area contributed by atoms with Gasteiger partial charge in [-0.1, -0.05) is 146 Å². The highest BCUT2D eigenvalue weighted by atomic mass is 14.2. The van der Waals surface area contributed by atoms with Crippen LogP contribution in [0.2, 0.25) is 0 Å². The van der Waals surface area contributed by atoms with E-state index in [1.165, 1.54) is 98.0 Å². The topological polar surface area (TPSA) is 0 Å². The van der Waals surface area contributed by atoms with E-state index in [1.54, 1.807) is 0 Å². The summed E-state index contributed by atoms with van der Waals surface area (Å²) >= 11 is 0. The summed E-state index contributed by atoms with van der Waals surface area (Å²) in [6.45, 7) is 0. The summed E-state index contributed by atoms with van der Waals surface area (Å²) in [6.07, 6.45) is 0. The maximum Gasteiger partial charge on any atom is -0.00921 e. The van der Waals surface area contributed by atoms with Crippen LogP contribution < -0.4 is 0 Å². The molecule has 10 aromatic rings. The molecule has 0 amide bonds. The Morgan fingerprint density at radius 3 is 1.10 bits per heavy atom. The van der Waals surface area contributed by atoms with Crippen molar-refractivity contribution in [2.24, 2.45) is 0 Å². The largest absolute Gasteiger partial charge is 0.0616 e. The fourth-order valence-corrected chi connectivity index (χ4v) is 7.74. The average Bonchev–Trinajstić information content (AvgIpc) is 3.16. The van der Waals surface area contributed by atoms with Gasteiger partial charge in [-0.25, -0.2) is 0 Å². The molecule has 0 heterocycles. The first-order valence-corrected chi connectivity index (χ1v) is 16.7. The lowest BCUT2D eigenvalue weighted by Gasteiger charge is -2.17. The third kappa shape index (κ3) is 4.31. The Hall–Kier alpha value is -6.24. The van der Waals surface area contributed by atoms with Crippen molar-refractivity contribution in [3.63, 3.8) is 0 Å². The Balaban J connectivity index is 1.31. The fraction of sp³-hybridized carbons (Fsp3) is 0. The Morgan fingerprint density at radius 2 is 0.542 bits per heavy atom. The van der Waals surface area contributed by atoms with Gasteiger partial charge >= 0.3 is 0 Å². The molecule has 0 aliphatic heterocycles. The third-order valence-corrected chi connectivity index (χ3v) is 10.2. The smallest absolute Gasteiger partial charge is 0.00921 e. The predicted molar refractivity (Wildman–Crippen MR) is 208 cm³/mol. The van der Waals surface area contributed by atoms with Gasteiger partial charge in [-0.15, -0.1) is 0 Å². The quantitative estimate of drug-likeness (QED) is 0.176. The second-order valence-corrected chi connectivity index (χ2v) is 12.9. The van der Waals surface area contributed by atoms with Gasteiger partial charge in [-0.3, -0.25) is 0 Å². The van der Waals surface area contributed by atoms with Crippen LogP contribution in [0.1, 0.15) is 0 Å². The van der Waals surface area contributed by atoms with Crippen LogP contribution in [0.4, 0.5) is 0 Å². The van der Waals surface area contributed by atoms with Crippen LogP contribution in [-0.2, 0) is 0 Å². The van der Waals surface area contributed by atoms with Gasteiger partial charge in [0.05, 0.1) is 0 Å². The molecule has 0 heteroatoms. The number of rotatable bonds is 3. The highest BCUT2D eigenvalue weighted by molar-refractivity contribution is 6.24. The molecule has 48 heavy (non-hydrogen) atoms. The Kier molecular flexibility index (Phi) is 5.98. The summed E-state index contributed by atoms with van der Waals surface area (Å²) < 4.78 is 0. The predicted octanol–water partition coefficient (Wildman–Crippen LogP) is 13.6. The molecule has 0 radical (unpaired) electrons. The molecule has 0 N–H and O–H groups in total. The summed E-state index contributed by atoms with van der Waals surface area (Å²) in [4.78, 5) is 0. The maximum absolute atomic E-state index is 2.44. The molecule has 222 valence electrons. The number of hydrogen-bond donors (Lipinski definition) is 0. The lowest BCUT2D eigenvalue weighted by atomic mass is 9.86. The van der Waals surface area contributed by atoms with Crippen molar-refractivity contribution in [2.45, 2.75) is 0 Å². The minimum Gasteiger partial charge on any atom is -0.0616 e. The molecule has 10 rings (SSSR count). The highest BCUT2D eigenvalue weighted by Crippen LogP contribution is 2.43. The van der Waals surface area contributed by atoms with E-state index in [-0.39, 0.29) is 0 Å². The van der Waals surface area contributed by atoms with E-state index in [2.05, 4.69) is 182 Å². The van der Waals surface area contributed by atoms with Crippen molar-refractivity contribution in [3.05, 3.63) is 182 Å². The zero-order valence-corrected chi connectivity index (χ0v) is 26.3. The summed E-state index contributed by atoms with van der Waals surface area (Å²) in [6, 6.07) is 67.3. The summed E-state index contributed by atoms with van der Waals surface area (Å²) in [5, 5.41) is 15.2. The molecule has 0 aliphatic carbocycles. The van der Waals surface area contributed by atoms with E-state index < -0.39 is 0 Å². The van der Waals surface area contributed by atoms with Crippen LogP contribution in [0.3, 0.4) is 0 Å². The first-order valence-electron chi connectivity index (χ1n) is 16.7. The Bertz CT molecular complexity index is 2890. The van der Waals surface area contributed by atoms with Crippen LogP contribution in [0.25, 0.3) is 98.0 Å². The van der Waals surface area contributed by atoms with Crippen molar-refractivity contribution in [1.82, 2.24) is 0 Å². The standard InChI is InChI=1S/C48H30/c1-4-12-34-25-37(20-17-31(34)9-1)38-23-24-43-45(40-22-19-33-11-3-6-14-36(33)27-40)29-47-42-16-8-7-15-41(42)44(30-48(47)46(43)28-38)39-21-18-32-10-2-5-13-35(32)26-39/h1-30H. The van der Waals surface area contributed by atoms with Crippen molar-refractivity contribution in [1.29, 1.82) is 0 Å². The minimum atomic E-state index is 1.23. The average molecular weight is 607 g/mol. The van der Waals surface area contributed by atoms with E-state index >= 15 is 0 Å². The molecule has 0 atom stereocenters. The molecular weight excluding hydrogens is 577 g/mol. The monoisotopic (exact) mass is 606 g/mol. The minimum absolute atomic E-state index is 1.23. The van der Waals surface area contributed by atoms with Gasteiger partial charge in [0.15, 0.2) is 0 Å². The lowest BCUT2D eigenvalue weighted by molar-refractivity contribution is 1.66. The van der Waals surface area contributed by atoms with Crippen LogP contribution in [0.15, 0.2) is 182 Å². The molecule has 0 saturated carbocycles. The Morgan fingerprint density at radius 1 is 0.188 bits per heavy atom. The normalized spacial score (nSPS) is 11.8. The maximum atomic E-state index is 2.44. The van der Waals surface area contributed by atoms with Gasteiger partial charge in [0, 0.05) is 0 Å². The van der Waals surface area contributed by atoms with Gasteiger partial charge in [0.1, 0.15) is 0 Å². The van der Waals surface area contributed by atoms with E-state index in [0.717, 1.165) is 0 Å². The zero-order valence-electron chi connectivity index (χ0n) is 26.3. The van der Waals surface area contributed by atoms with Crippen molar-refractivity contribution in [3.8, 4) is 33.4 Å². The number of fused-ring (bicyclic) bond motifs is 8. The molecule has 0 aromatic heterocycles. The van der Waals surface area contributed by atoms with Gasteiger partial charge in [0.2, 0.25) is 0 Å². The number of hydrogen-bond acceptors (Lipinski definition) is 0. The van der Waals surface area contributed by atoms with Gasteiger partial charge in [-0.2, -0.15) is 0 Å². The first-order chi connectivity index (χ1) is 23.8. The van der Waals surface area contributed by atoms with E-state index in [9.17, 15) is 0 Å². The Labute approximate surface area is 279 Å². The highest BCUT2D eigenvalue weighted by Gasteiger charge is 2.16. The molecule has 0 fully saturated rings. The molecule has 0 spiro atoms. The zero-order chi connectivity index (χ0) is 31.6. The molecular formula is C48H30. The van der Waals surface area contributed by atoms with Crippen LogP contribution >= 0.6 is 0 Å².